The summed E-state index contributed by atoms with van der Waals surface area (Å²) in [6.45, 7) is 2.03. The predicted molar refractivity (Wildman–Crippen MR) is 156 cm³/mol. The van der Waals surface area contributed by atoms with E-state index in [2.05, 4.69) is 26.0 Å². The number of halogens is 3. The second-order valence-corrected chi connectivity index (χ2v) is 10.7. The molecule has 0 bridgehead atoms. The minimum atomic E-state index is -4.48. The highest BCUT2D eigenvalue weighted by atomic mass is 19.4. The average molecular weight is 596 g/mol. The SMILES string of the molecule is CCc1cc(-c2cc(NC(=O)Cc3cccc(C(F)(F)F)c3)nn2C)cc2cnc(NC3CCC(NC(=O)O)CC3)nc12. The molecule has 0 unspecified atom stereocenters. The number of alkyl halides is 3. The highest BCUT2D eigenvalue weighted by Crippen LogP contribution is 2.31. The lowest BCUT2D eigenvalue weighted by atomic mass is 9.91. The molecule has 2 heterocycles. The third-order valence-electron chi connectivity index (χ3n) is 7.59. The molecule has 4 aromatic rings. The maximum atomic E-state index is 13.0. The van der Waals surface area contributed by atoms with Crippen molar-refractivity contribution in [2.75, 3.05) is 10.6 Å². The molecule has 226 valence electrons. The van der Waals surface area contributed by atoms with Gasteiger partial charge in [-0.15, -0.1) is 0 Å². The average Bonchev–Trinajstić information content (AvgIpc) is 3.32. The number of carboxylic acid groups (broad SMARTS) is 1. The van der Waals surface area contributed by atoms with E-state index in [-0.39, 0.29) is 29.9 Å². The summed E-state index contributed by atoms with van der Waals surface area (Å²) in [5, 5.41) is 22.8. The Morgan fingerprint density at radius 2 is 1.81 bits per heavy atom. The van der Waals surface area contributed by atoms with Crippen LogP contribution >= 0.6 is 0 Å². The molecule has 43 heavy (non-hydrogen) atoms. The van der Waals surface area contributed by atoms with E-state index in [0.717, 1.165) is 65.5 Å². The Balaban J connectivity index is 1.29. The monoisotopic (exact) mass is 595 g/mol. The smallest absolute Gasteiger partial charge is 0.416 e. The molecule has 13 heteroatoms. The fraction of sp³-hybridized carbons (Fsp3) is 0.367. The van der Waals surface area contributed by atoms with Gasteiger partial charge in [-0.2, -0.15) is 18.3 Å². The van der Waals surface area contributed by atoms with Crippen molar-refractivity contribution in [1.82, 2.24) is 25.1 Å². The van der Waals surface area contributed by atoms with Gasteiger partial charge in [0.25, 0.3) is 0 Å². The van der Waals surface area contributed by atoms with Crippen LogP contribution in [0.15, 0.2) is 48.7 Å². The van der Waals surface area contributed by atoms with E-state index >= 15 is 0 Å². The lowest BCUT2D eigenvalue weighted by Crippen LogP contribution is -2.39. The van der Waals surface area contributed by atoms with Crippen molar-refractivity contribution in [2.45, 2.75) is 63.7 Å². The molecule has 2 amide bonds. The number of amides is 2. The van der Waals surface area contributed by atoms with E-state index in [9.17, 15) is 22.8 Å². The van der Waals surface area contributed by atoms with Crippen LogP contribution in [0.4, 0.5) is 29.7 Å². The largest absolute Gasteiger partial charge is 0.465 e. The van der Waals surface area contributed by atoms with Crippen LogP contribution in [0.2, 0.25) is 0 Å². The van der Waals surface area contributed by atoms with Crippen LogP contribution in [0.25, 0.3) is 22.2 Å². The fourth-order valence-electron chi connectivity index (χ4n) is 5.47. The Morgan fingerprint density at radius 3 is 2.51 bits per heavy atom. The Labute approximate surface area is 245 Å². The van der Waals surface area contributed by atoms with E-state index in [4.69, 9.17) is 10.1 Å². The second-order valence-electron chi connectivity index (χ2n) is 10.7. The molecule has 0 spiro atoms. The first-order chi connectivity index (χ1) is 20.5. The molecule has 1 aliphatic carbocycles. The first-order valence-electron chi connectivity index (χ1n) is 14.0. The molecule has 0 aliphatic heterocycles. The van der Waals surface area contributed by atoms with Crippen molar-refractivity contribution >= 4 is 34.7 Å². The number of aromatic nitrogens is 4. The lowest BCUT2D eigenvalue weighted by molar-refractivity contribution is -0.137. The quantitative estimate of drug-likeness (QED) is 0.203. The normalized spacial score (nSPS) is 17.0. The van der Waals surface area contributed by atoms with Gasteiger partial charge >= 0.3 is 12.3 Å². The van der Waals surface area contributed by atoms with Crippen LogP contribution in [-0.4, -0.2) is 48.9 Å². The van der Waals surface area contributed by atoms with Gasteiger partial charge in [0.2, 0.25) is 11.9 Å². The van der Waals surface area contributed by atoms with E-state index in [1.807, 2.05) is 19.1 Å². The predicted octanol–water partition coefficient (Wildman–Crippen LogP) is 5.78. The molecular formula is C30H32F3N7O3. The summed E-state index contributed by atoms with van der Waals surface area (Å²) in [4.78, 5) is 32.8. The molecular weight excluding hydrogens is 563 g/mol. The lowest BCUT2D eigenvalue weighted by Gasteiger charge is -2.28. The van der Waals surface area contributed by atoms with Crippen LogP contribution < -0.4 is 16.0 Å². The number of anilines is 2. The zero-order chi connectivity index (χ0) is 30.7. The molecule has 1 fully saturated rings. The van der Waals surface area contributed by atoms with Crippen LogP contribution in [0.1, 0.15) is 49.3 Å². The van der Waals surface area contributed by atoms with E-state index < -0.39 is 23.7 Å². The van der Waals surface area contributed by atoms with Crippen LogP contribution in [0.3, 0.4) is 0 Å². The number of carbonyl (C=O) groups excluding carboxylic acids is 1. The molecule has 1 saturated carbocycles. The van der Waals surface area contributed by atoms with Gasteiger partial charge in [0.05, 0.1) is 23.2 Å². The minimum absolute atomic E-state index is 0.0330. The molecule has 1 aliphatic rings. The van der Waals surface area contributed by atoms with Gasteiger partial charge in [0, 0.05) is 42.3 Å². The van der Waals surface area contributed by atoms with E-state index in [1.165, 1.54) is 12.1 Å². The fourth-order valence-corrected chi connectivity index (χ4v) is 5.47. The van der Waals surface area contributed by atoms with Crippen molar-refractivity contribution < 1.29 is 27.9 Å². The van der Waals surface area contributed by atoms with Crippen LogP contribution in [0.5, 0.6) is 0 Å². The van der Waals surface area contributed by atoms with Gasteiger partial charge in [-0.25, -0.2) is 14.8 Å². The van der Waals surface area contributed by atoms with Gasteiger partial charge in [-0.05, 0) is 61.4 Å². The number of aryl methyl sites for hydroxylation is 2. The van der Waals surface area contributed by atoms with E-state index in [1.54, 1.807) is 24.0 Å². The number of carbonyl (C=O) groups is 2. The van der Waals surface area contributed by atoms with Gasteiger partial charge in [-0.1, -0.05) is 25.1 Å². The first kappa shape index (κ1) is 29.8. The molecule has 10 nitrogen and oxygen atoms in total. The van der Waals surface area contributed by atoms with Gasteiger partial charge < -0.3 is 21.1 Å². The molecule has 4 N–H and O–H groups in total. The van der Waals surface area contributed by atoms with Crippen LogP contribution in [-0.2, 0) is 30.9 Å². The molecule has 0 saturated heterocycles. The standard InChI is InChI=1S/C30H32F3N7O3/c1-3-18-13-19(14-20-16-34-28(38-27(18)20)35-22-7-9-23(10-8-22)36-29(42)43)24-15-25(39-40(24)2)37-26(41)12-17-5-4-6-21(11-17)30(31,32)33/h4-6,11,13-16,22-23,36H,3,7-10,12H2,1-2H3,(H,42,43)(H,34,35,38)(H,37,39,41). The highest BCUT2D eigenvalue weighted by Gasteiger charge is 2.30. The summed E-state index contributed by atoms with van der Waals surface area (Å²) in [6, 6.07) is 10.5. The molecule has 2 aromatic carbocycles. The first-order valence-corrected chi connectivity index (χ1v) is 14.0. The van der Waals surface area contributed by atoms with Crippen molar-refractivity contribution in [2.24, 2.45) is 7.05 Å². The van der Waals surface area contributed by atoms with Crippen molar-refractivity contribution in [3.05, 3.63) is 65.4 Å². The molecule has 2 aromatic heterocycles. The zero-order valence-electron chi connectivity index (χ0n) is 23.7. The van der Waals surface area contributed by atoms with Crippen molar-refractivity contribution in [1.29, 1.82) is 0 Å². The van der Waals surface area contributed by atoms with E-state index in [0.29, 0.717) is 12.4 Å². The third-order valence-corrected chi connectivity index (χ3v) is 7.59. The Bertz CT molecular complexity index is 1650. The summed E-state index contributed by atoms with van der Waals surface area (Å²) in [7, 11) is 1.75. The maximum Gasteiger partial charge on any atom is 0.416 e. The van der Waals surface area contributed by atoms with Gasteiger partial charge in [0.1, 0.15) is 0 Å². The van der Waals surface area contributed by atoms with Crippen molar-refractivity contribution in [3.63, 3.8) is 0 Å². The number of rotatable bonds is 8. The van der Waals surface area contributed by atoms with Crippen molar-refractivity contribution in [3.8, 4) is 11.3 Å². The second kappa shape index (κ2) is 12.3. The number of hydrogen-bond acceptors (Lipinski definition) is 6. The number of fused-ring (bicyclic) bond motifs is 1. The molecule has 0 radical (unpaired) electrons. The Hall–Kier alpha value is -4.68. The summed E-state index contributed by atoms with van der Waals surface area (Å²) in [6.07, 6.45) is -0.105. The Morgan fingerprint density at radius 1 is 1.07 bits per heavy atom. The van der Waals surface area contributed by atoms with Crippen LogP contribution in [0, 0.1) is 0 Å². The van der Waals surface area contributed by atoms with Gasteiger partial charge in [-0.3, -0.25) is 9.48 Å². The maximum absolute atomic E-state index is 13.0. The zero-order valence-corrected chi connectivity index (χ0v) is 23.7. The Kier molecular flexibility index (Phi) is 8.51. The highest BCUT2D eigenvalue weighted by molar-refractivity contribution is 5.92. The summed E-state index contributed by atoms with van der Waals surface area (Å²) < 4.78 is 40.7. The summed E-state index contributed by atoms with van der Waals surface area (Å²) in [5.74, 6) is 0.337. The topological polar surface area (TPSA) is 134 Å². The number of benzene rings is 2. The third kappa shape index (κ3) is 7.22. The number of nitrogens with zero attached hydrogens (tertiary/aromatic N) is 4. The summed E-state index contributed by atoms with van der Waals surface area (Å²) in [5.41, 5.74) is 2.87. The molecule has 0 atom stereocenters. The molecule has 5 rings (SSSR count). The van der Waals surface area contributed by atoms with Gasteiger partial charge in [0.15, 0.2) is 5.82 Å². The summed E-state index contributed by atoms with van der Waals surface area (Å²) >= 11 is 0. The number of hydrogen-bond donors (Lipinski definition) is 4. The number of nitrogens with one attached hydrogen (secondary N) is 3. The minimum Gasteiger partial charge on any atom is -0.465 e.